The molecule has 0 aromatic heterocycles. The number of nitro benzene ring substituents is 1. The van der Waals surface area contributed by atoms with Crippen molar-refractivity contribution in [3.05, 3.63) is 99.6 Å². The highest BCUT2D eigenvalue weighted by Crippen LogP contribution is 2.23. The van der Waals surface area contributed by atoms with Crippen LogP contribution >= 0.6 is 0 Å². The van der Waals surface area contributed by atoms with Crippen molar-refractivity contribution in [1.29, 1.82) is 0 Å². The SMILES string of the molecule is Nc1ccc(C(=O)OCC(=O)Nc2ccccc2Cc2ccccc2)cc1[N+](=O)[O-]. The zero-order valence-electron chi connectivity index (χ0n) is 15.9. The topological polar surface area (TPSA) is 125 Å². The number of hydrogen-bond acceptors (Lipinski definition) is 6. The molecule has 0 heterocycles. The van der Waals surface area contributed by atoms with E-state index in [-0.39, 0.29) is 11.3 Å². The molecular weight excluding hydrogens is 386 g/mol. The normalized spacial score (nSPS) is 10.3. The maximum absolute atomic E-state index is 12.3. The monoisotopic (exact) mass is 405 g/mol. The Morgan fingerprint density at radius 3 is 2.43 bits per heavy atom. The van der Waals surface area contributed by atoms with Gasteiger partial charge in [0.2, 0.25) is 0 Å². The van der Waals surface area contributed by atoms with Crippen LogP contribution in [0.15, 0.2) is 72.8 Å². The number of carbonyl (C=O) groups is 2. The molecule has 152 valence electrons. The first-order valence-electron chi connectivity index (χ1n) is 9.07. The van der Waals surface area contributed by atoms with Crippen LogP contribution in [0.2, 0.25) is 0 Å². The third-order valence-electron chi connectivity index (χ3n) is 4.33. The molecule has 0 aliphatic carbocycles. The summed E-state index contributed by atoms with van der Waals surface area (Å²) in [7, 11) is 0. The minimum atomic E-state index is -0.856. The lowest BCUT2D eigenvalue weighted by atomic mass is 10.0. The van der Waals surface area contributed by atoms with Gasteiger partial charge in [-0.25, -0.2) is 4.79 Å². The second kappa shape index (κ2) is 9.33. The number of para-hydroxylation sites is 1. The van der Waals surface area contributed by atoms with E-state index in [1.54, 1.807) is 12.1 Å². The van der Waals surface area contributed by atoms with Gasteiger partial charge < -0.3 is 15.8 Å². The number of nitrogens with one attached hydrogen (secondary N) is 1. The molecule has 3 aromatic carbocycles. The molecule has 8 heteroatoms. The van der Waals surface area contributed by atoms with Crippen molar-refractivity contribution in [3.8, 4) is 0 Å². The van der Waals surface area contributed by atoms with Gasteiger partial charge in [-0.05, 0) is 35.7 Å². The fourth-order valence-electron chi connectivity index (χ4n) is 2.84. The summed E-state index contributed by atoms with van der Waals surface area (Å²) in [6.45, 7) is -0.531. The van der Waals surface area contributed by atoms with Crippen LogP contribution in [0.1, 0.15) is 21.5 Å². The summed E-state index contributed by atoms with van der Waals surface area (Å²) in [5.74, 6) is -1.38. The zero-order chi connectivity index (χ0) is 21.5. The Morgan fingerprint density at radius 2 is 1.70 bits per heavy atom. The minimum absolute atomic E-state index is 0.0619. The zero-order valence-corrected chi connectivity index (χ0v) is 15.9. The van der Waals surface area contributed by atoms with Gasteiger partial charge in [0.05, 0.1) is 10.5 Å². The highest BCUT2D eigenvalue weighted by atomic mass is 16.6. The maximum Gasteiger partial charge on any atom is 0.338 e. The van der Waals surface area contributed by atoms with Crippen LogP contribution in [0, 0.1) is 10.1 Å². The third kappa shape index (κ3) is 5.20. The summed E-state index contributed by atoms with van der Waals surface area (Å²) < 4.78 is 4.98. The van der Waals surface area contributed by atoms with Gasteiger partial charge in [-0.2, -0.15) is 0 Å². The van der Waals surface area contributed by atoms with Crippen molar-refractivity contribution in [1.82, 2.24) is 0 Å². The van der Waals surface area contributed by atoms with E-state index in [4.69, 9.17) is 10.5 Å². The molecule has 0 unspecified atom stereocenters. The summed E-state index contributed by atoms with van der Waals surface area (Å²) >= 11 is 0. The molecule has 0 radical (unpaired) electrons. The van der Waals surface area contributed by atoms with Gasteiger partial charge in [0.15, 0.2) is 6.61 Å². The molecule has 3 rings (SSSR count). The number of amides is 1. The first-order chi connectivity index (χ1) is 14.4. The average molecular weight is 405 g/mol. The summed E-state index contributed by atoms with van der Waals surface area (Å²) in [5.41, 5.74) is 7.61. The van der Waals surface area contributed by atoms with Crippen LogP contribution in [-0.2, 0) is 16.0 Å². The van der Waals surface area contributed by atoms with Gasteiger partial charge in [-0.15, -0.1) is 0 Å². The van der Waals surface area contributed by atoms with E-state index >= 15 is 0 Å². The molecule has 8 nitrogen and oxygen atoms in total. The molecule has 0 fully saturated rings. The van der Waals surface area contributed by atoms with Crippen LogP contribution in [0.4, 0.5) is 17.1 Å². The van der Waals surface area contributed by atoms with Crippen LogP contribution < -0.4 is 11.1 Å². The van der Waals surface area contributed by atoms with Crippen molar-refractivity contribution in [2.24, 2.45) is 0 Å². The third-order valence-corrected chi connectivity index (χ3v) is 4.33. The Kier molecular flexibility index (Phi) is 6.39. The van der Waals surface area contributed by atoms with Crippen molar-refractivity contribution in [3.63, 3.8) is 0 Å². The number of ether oxygens (including phenoxy) is 1. The Morgan fingerprint density at radius 1 is 1.00 bits per heavy atom. The number of nitrogens with zero attached hydrogens (tertiary/aromatic N) is 1. The number of carbonyl (C=O) groups excluding carboxylic acids is 2. The number of nitrogens with two attached hydrogens (primary N) is 1. The van der Waals surface area contributed by atoms with Crippen LogP contribution in [0.5, 0.6) is 0 Å². The van der Waals surface area contributed by atoms with E-state index in [1.165, 1.54) is 12.1 Å². The largest absolute Gasteiger partial charge is 0.452 e. The Hall–Kier alpha value is -4.20. The summed E-state index contributed by atoms with van der Waals surface area (Å²) in [5, 5.41) is 13.7. The highest BCUT2D eigenvalue weighted by molar-refractivity contribution is 5.96. The molecule has 3 aromatic rings. The fraction of sp³-hybridized carbons (Fsp3) is 0.0909. The molecule has 0 saturated heterocycles. The number of rotatable bonds is 7. The number of esters is 1. The molecule has 0 aliphatic heterocycles. The van der Waals surface area contributed by atoms with Crippen molar-refractivity contribution in [2.75, 3.05) is 17.7 Å². The lowest BCUT2D eigenvalue weighted by Crippen LogP contribution is -2.21. The van der Waals surface area contributed by atoms with Crippen molar-refractivity contribution < 1.29 is 19.2 Å². The average Bonchev–Trinajstić information content (AvgIpc) is 2.74. The molecular formula is C22H19N3O5. The predicted molar refractivity (Wildman–Crippen MR) is 112 cm³/mol. The van der Waals surface area contributed by atoms with Gasteiger partial charge in [0.25, 0.3) is 11.6 Å². The van der Waals surface area contributed by atoms with E-state index in [1.807, 2.05) is 42.5 Å². The predicted octanol–water partition coefficient (Wildman–Crippen LogP) is 3.56. The van der Waals surface area contributed by atoms with E-state index in [0.717, 1.165) is 17.2 Å². The van der Waals surface area contributed by atoms with Gasteiger partial charge in [-0.3, -0.25) is 14.9 Å². The second-order valence-electron chi connectivity index (χ2n) is 6.47. The van der Waals surface area contributed by atoms with E-state index in [9.17, 15) is 19.7 Å². The first kappa shape index (κ1) is 20.5. The first-order valence-corrected chi connectivity index (χ1v) is 9.07. The smallest absolute Gasteiger partial charge is 0.338 e. The molecule has 0 bridgehead atoms. The van der Waals surface area contributed by atoms with Gasteiger partial charge in [0, 0.05) is 11.8 Å². The number of nitrogen functional groups attached to an aromatic ring is 1. The van der Waals surface area contributed by atoms with E-state index in [0.29, 0.717) is 12.1 Å². The molecule has 0 spiro atoms. The van der Waals surface area contributed by atoms with Gasteiger partial charge >= 0.3 is 5.97 Å². The Bertz CT molecular complexity index is 1080. The van der Waals surface area contributed by atoms with E-state index < -0.39 is 29.1 Å². The number of anilines is 2. The standard InChI is InChI=1S/C22H19N3O5/c23-18-11-10-17(13-20(18)25(28)29)22(27)30-14-21(26)24-19-9-5-4-8-16(19)12-15-6-2-1-3-7-15/h1-11,13H,12,14,23H2,(H,24,26). The maximum atomic E-state index is 12.3. The van der Waals surface area contributed by atoms with Gasteiger partial charge in [0.1, 0.15) is 5.69 Å². The lowest BCUT2D eigenvalue weighted by Gasteiger charge is -2.11. The molecule has 0 atom stereocenters. The van der Waals surface area contributed by atoms with Crippen molar-refractivity contribution in [2.45, 2.75) is 6.42 Å². The Labute approximate surface area is 172 Å². The van der Waals surface area contributed by atoms with Crippen LogP contribution in [-0.4, -0.2) is 23.4 Å². The lowest BCUT2D eigenvalue weighted by molar-refractivity contribution is -0.383. The Balaban J connectivity index is 1.62. The highest BCUT2D eigenvalue weighted by Gasteiger charge is 2.17. The van der Waals surface area contributed by atoms with Crippen LogP contribution in [0.25, 0.3) is 0 Å². The molecule has 0 aliphatic rings. The van der Waals surface area contributed by atoms with Crippen molar-refractivity contribution >= 4 is 28.9 Å². The summed E-state index contributed by atoms with van der Waals surface area (Å²) in [6, 6.07) is 20.7. The fourth-order valence-corrected chi connectivity index (χ4v) is 2.84. The van der Waals surface area contributed by atoms with Crippen LogP contribution in [0.3, 0.4) is 0 Å². The van der Waals surface area contributed by atoms with E-state index in [2.05, 4.69) is 5.32 Å². The summed E-state index contributed by atoms with van der Waals surface area (Å²) in [6.07, 6.45) is 0.631. The molecule has 1 amide bonds. The number of hydrogen-bond donors (Lipinski definition) is 2. The number of benzene rings is 3. The minimum Gasteiger partial charge on any atom is -0.452 e. The second-order valence-corrected chi connectivity index (χ2v) is 6.47. The quantitative estimate of drug-likeness (QED) is 0.268. The van der Waals surface area contributed by atoms with Gasteiger partial charge in [-0.1, -0.05) is 48.5 Å². The molecule has 0 saturated carbocycles. The number of nitro groups is 1. The molecule has 3 N–H and O–H groups in total. The summed E-state index contributed by atoms with van der Waals surface area (Å²) in [4.78, 5) is 34.6. The molecule has 30 heavy (non-hydrogen) atoms.